The van der Waals surface area contributed by atoms with Gasteiger partial charge in [0, 0.05) is 40.0 Å². The standard InChI is InChI=1S/C44H61NO2/c1-5-9-12-14-16-20-31-46-39-29-28-38(44(34-39)47-32-21-17-15-13-10-6-2)27-25-37-26-30-43-41(33-37)40-23-18-19-24-42(40)45(43)35-36(8-4)22-11-7-3/h18-19,23-24,26,28-30,33-34,36H,5-17,20-22,31-32,35H2,1-4H3. The quantitative estimate of drug-likeness (QED) is 0.0633. The van der Waals surface area contributed by atoms with Crippen LogP contribution in [0, 0.1) is 17.8 Å². The van der Waals surface area contributed by atoms with Crippen LogP contribution in [0.1, 0.15) is 142 Å². The maximum absolute atomic E-state index is 6.37. The Bertz CT molecular complexity index is 1540. The number of para-hydroxylation sites is 1. The van der Waals surface area contributed by atoms with Crippen molar-refractivity contribution in [2.45, 2.75) is 137 Å². The Morgan fingerprint density at radius 2 is 1.26 bits per heavy atom. The lowest BCUT2D eigenvalue weighted by atomic mass is 9.99. The molecule has 0 N–H and O–H groups in total. The Kier molecular flexibility index (Phi) is 16.1. The van der Waals surface area contributed by atoms with Gasteiger partial charge in [-0.15, -0.1) is 0 Å². The second-order valence-corrected chi connectivity index (χ2v) is 13.4. The van der Waals surface area contributed by atoms with Crippen molar-refractivity contribution in [3.05, 3.63) is 71.8 Å². The van der Waals surface area contributed by atoms with Gasteiger partial charge in [-0.25, -0.2) is 0 Å². The topological polar surface area (TPSA) is 23.4 Å². The molecule has 0 fully saturated rings. The maximum atomic E-state index is 6.37. The molecule has 3 heteroatoms. The van der Waals surface area contributed by atoms with E-state index in [1.807, 2.05) is 0 Å². The molecule has 0 aliphatic carbocycles. The number of aromatic nitrogens is 1. The van der Waals surface area contributed by atoms with E-state index < -0.39 is 0 Å². The maximum Gasteiger partial charge on any atom is 0.138 e. The molecule has 0 bridgehead atoms. The fourth-order valence-electron chi connectivity index (χ4n) is 6.60. The van der Waals surface area contributed by atoms with Crippen molar-refractivity contribution in [2.24, 2.45) is 5.92 Å². The molecular formula is C44H61NO2. The minimum Gasteiger partial charge on any atom is -0.493 e. The zero-order valence-corrected chi connectivity index (χ0v) is 30.0. The summed E-state index contributed by atoms with van der Waals surface area (Å²) in [6.45, 7) is 11.7. The third kappa shape index (κ3) is 11.4. The Hall–Kier alpha value is -3.38. The Morgan fingerprint density at radius 1 is 0.596 bits per heavy atom. The normalized spacial score (nSPS) is 11.9. The molecule has 0 amide bonds. The second-order valence-electron chi connectivity index (χ2n) is 13.4. The number of rotatable bonds is 22. The summed E-state index contributed by atoms with van der Waals surface area (Å²) in [4.78, 5) is 0. The van der Waals surface area contributed by atoms with Gasteiger partial charge in [0.25, 0.3) is 0 Å². The molecule has 1 aromatic heterocycles. The summed E-state index contributed by atoms with van der Waals surface area (Å²) in [5, 5.41) is 2.60. The number of unbranched alkanes of at least 4 members (excludes halogenated alkanes) is 11. The first-order chi connectivity index (χ1) is 23.2. The highest BCUT2D eigenvalue weighted by atomic mass is 16.5. The molecule has 1 atom stereocenters. The average Bonchev–Trinajstić information content (AvgIpc) is 3.41. The summed E-state index contributed by atoms with van der Waals surface area (Å²) < 4.78 is 15.1. The van der Waals surface area contributed by atoms with Gasteiger partial charge in [0.1, 0.15) is 11.5 Å². The van der Waals surface area contributed by atoms with Crippen LogP contribution in [-0.4, -0.2) is 17.8 Å². The minimum absolute atomic E-state index is 0.695. The van der Waals surface area contributed by atoms with E-state index in [0.29, 0.717) is 12.5 Å². The molecule has 1 unspecified atom stereocenters. The SMILES string of the molecule is CCCCCCCCOc1ccc(C#Cc2ccc3c(c2)c2ccccc2n3CC(CC)CCCC)c(OCCCCCCCC)c1. The van der Waals surface area contributed by atoms with Gasteiger partial charge in [-0.3, -0.25) is 0 Å². The molecule has 0 saturated heterocycles. The first-order valence-electron chi connectivity index (χ1n) is 19.1. The highest BCUT2D eigenvalue weighted by molar-refractivity contribution is 6.08. The third-order valence-electron chi connectivity index (χ3n) is 9.57. The van der Waals surface area contributed by atoms with Crippen molar-refractivity contribution in [1.29, 1.82) is 0 Å². The van der Waals surface area contributed by atoms with E-state index in [2.05, 4.69) is 105 Å². The molecule has 4 aromatic rings. The number of hydrogen-bond donors (Lipinski definition) is 0. The number of benzene rings is 3. The van der Waals surface area contributed by atoms with Crippen LogP contribution >= 0.6 is 0 Å². The van der Waals surface area contributed by atoms with Gasteiger partial charge < -0.3 is 14.0 Å². The fraction of sp³-hybridized carbons (Fsp3) is 0.545. The average molecular weight is 636 g/mol. The van der Waals surface area contributed by atoms with Gasteiger partial charge in [-0.05, 0) is 61.6 Å². The Labute approximate surface area is 286 Å². The van der Waals surface area contributed by atoms with Crippen molar-refractivity contribution in [3.63, 3.8) is 0 Å². The third-order valence-corrected chi connectivity index (χ3v) is 9.57. The van der Waals surface area contributed by atoms with Gasteiger partial charge in [0.15, 0.2) is 0 Å². The van der Waals surface area contributed by atoms with E-state index in [1.165, 1.54) is 112 Å². The summed E-state index contributed by atoms with van der Waals surface area (Å²) in [5.74, 6) is 9.36. The predicted molar refractivity (Wildman–Crippen MR) is 203 cm³/mol. The van der Waals surface area contributed by atoms with Gasteiger partial charge in [0.2, 0.25) is 0 Å². The molecule has 254 valence electrons. The van der Waals surface area contributed by atoms with Crippen molar-refractivity contribution < 1.29 is 9.47 Å². The Balaban J connectivity index is 1.52. The van der Waals surface area contributed by atoms with E-state index >= 15 is 0 Å². The van der Waals surface area contributed by atoms with Crippen LogP contribution in [0.25, 0.3) is 21.8 Å². The molecule has 0 aliphatic rings. The summed E-state index contributed by atoms with van der Waals surface area (Å²) >= 11 is 0. The van der Waals surface area contributed by atoms with Gasteiger partial charge in [0.05, 0.1) is 18.8 Å². The van der Waals surface area contributed by atoms with E-state index in [1.54, 1.807) is 0 Å². The van der Waals surface area contributed by atoms with Gasteiger partial charge in [-0.2, -0.15) is 0 Å². The summed E-state index contributed by atoms with van der Waals surface area (Å²) in [6, 6.07) is 21.8. The van der Waals surface area contributed by atoms with Crippen LogP contribution in [0.3, 0.4) is 0 Å². The lowest BCUT2D eigenvalue weighted by molar-refractivity contribution is 0.289. The monoisotopic (exact) mass is 635 g/mol. The molecule has 0 radical (unpaired) electrons. The molecule has 4 rings (SSSR count). The fourth-order valence-corrected chi connectivity index (χ4v) is 6.60. The molecule has 0 spiro atoms. The van der Waals surface area contributed by atoms with Gasteiger partial charge >= 0.3 is 0 Å². The molecule has 0 aliphatic heterocycles. The van der Waals surface area contributed by atoms with Crippen molar-refractivity contribution in [1.82, 2.24) is 4.57 Å². The largest absolute Gasteiger partial charge is 0.493 e. The van der Waals surface area contributed by atoms with E-state index in [0.717, 1.165) is 48.6 Å². The number of ether oxygens (including phenoxy) is 2. The van der Waals surface area contributed by atoms with Gasteiger partial charge in [-0.1, -0.05) is 141 Å². The van der Waals surface area contributed by atoms with Crippen LogP contribution in [0.5, 0.6) is 11.5 Å². The zero-order valence-electron chi connectivity index (χ0n) is 30.0. The molecule has 3 nitrogen and oxygen atoms in total. The molecule has 47 heavy (non-hydrogen) atoms. The first kappa shape index (κ1) is 36.5. The van der Waals surface area contributed by atoms with Crippen molar-refractivity contribution >= 4 is 21.8 Å². The minimum atomic E-state index is 0.695. The van der Waals surface area contributed by atoms with E-state index in [9.17, 15) is 0 Å². The first-order valence-corrected chi connectivity index (χ1v) is 19.1. The van der Waals surface area contributed by atoms with E-state index in [4.69, 9.17) is 9.47 Å². The molecule has 3 aromatic carbocycles. The highest BCUT2D eigenvalue weighted by Crippen LogP contribution is 2.32. The summed E-state index contributed by atoms with van der Waals surface area (Å²) in [6.07, 6.45) is 20.1. The van der Waals surface area contributed by atoms with Crippen molar-refractivity contribution in [2.75, 3.05) is 13.2 Å². The molecule has 1 heterocycles. The number of nitrogens with zero attached hydrogens (tertiary/aromatic N) is 1. The van der Waals surface area contributed by atoms with Crippen LogP contribution < -0.4 is 9.47 Å². The second kappa shape index (κ2) is 20.8. The predicted octanol–water partition coefficient (Wildman–Crippen LogP) is 12.9. The van der Waals surface area contributed by atoms with E-state index in [-0.39, 0.29) is 0 Å². The Morgan fingerprint density at radius 3 is 1.98 bits per heavy atom. The van der Waals surface area contributed by atoms with Crippen molar-refractivity contribution in [3.8, 4) is 23.3 Å². The smallest absolute Gasteiger partial charge is 0.138 e. The van der Waals surface area contributed by atoms with Crippen LogP contribution in [0.15, 0.2) is 60.7 Å². The summed E-state index contributed by atoms with van der Waals surface area (Å²) in [5.41, 5.74) is 4.59. The van der Waals surface area contributed by atoms with Crippen LogP contribution in [-0.2, 0) is 6.54 Å². The summed E-state index contributed by atoms with van der Waals surface area (Å²) in [7, 11) is 0. The number of fused-ring (bicyclic) bond motifs is 3. The lowest BCUT2D eigenvalue weighted by Gasteiger charge is -2.17. The lowest BCUT2D eigenvalue weighted by Crippen LogP contribution is -2.10. The zero-order chi connectivity index (χ0) is 33.1. The molecule has 0 saturated carbocycles. The highest BCUT2D eigenvalue weighted by Gasteiger charge is 2.15. The van der Waals surface area contributed by atoms with Crippen LogP contribution in [0.4, 0.5) is 0 Å². The van der Waals surface area contributed by atoms with Crippen LogP contribution in [0.2, 0.25) is 0 Å². The number of hydrogen-bond acceptors (Lipinski definition) is 2. The molecular weight excluding hydrogens is 574 g/mol.